The van der Waals surface area contributed by atoms with Gasteiger partial charge in [-0.25, -0.2) is 0 Å². The Kier molecular flexibility index (Phi) is 7.25. The van der Waals surface area contributed by atoms with E-state index in [9.17, 15) is 19.5 Å². The summed E-state index contributed by atoms with van der Waals surface area (Å²) < 4.78 is 12.6. The molecule has 9 nitrogen and oxygen atoms in total. The zero-order chi connectivity index (χ0) is 31.3. The molecular formula is C36H37N3O6. The van der Waals surface area contributed by atoms with E-state index in [4.69, 9.17) is 9.47 Å². The van der Waals surface area contributed by atoms with Crippen LogP contribution in [0, 0.1) is 11.8 Å². The van der Waals surface area contributed by atoms with Crippen LogP contribution in [0.2, 0.25) is 0 Å². The van der Waals surface area contributed by atoms with Gasteiger partial charge in [-0.15, -0.1) is 0 Å². The second kappa shape index (κ2) is 11.2. The molecule has 0 saturated carbocycles. The number of ether oxygens (including phenoxy) is 2. The summed E-state index contributed by atoms with van der Waals surface area (Å²) in [5, 5.41) is 12.1. The number of aliphatic hydroxyl groups excluding tert-OH is 1. The van der Waals surface area contributed by atoms with Gasteiger partial charge in [-0.1, -0.05) is 61.6 Å². The van der Waals surface area contributed by atoms with E-state index in [1.807, 2.05) is 105 Å². The number of rotatable bonds is 7. The molecule has 1 unspecified atom stereocenters. The summed E-state index contributed by atoms with van der Waals surface area (Å²) in [6.07, 6.45) is 7.99. The molecule has 2 saturated heterocycles. The Labute approximate surface area is 262 Å². The summed E-state index contributed by atoms with van der Waals surface area (Å²) >= 11 is 0. The van der Waals surface area contributed by atoms with Crippen LogP contribution in [0.25, 0.3) is 10.8 Å². The highest BCUT2D eigenvalue weighted by Crippen LogP contribution is 2.58. The Morgan fingerprint density at radius 3 is 2.22 bits per heavy atom. The van der Waals surface area contributed by atoms with Crippen molar-refractivity contribution < 1.29 is 29.0 Å². The lowest BCUT2D eigenvalue weighted by Crippen LogP contribution is -2.56. The van der Waals surface area contributed by atoms with Gasteiger partial charge in [-0.2, -0.15) is 0 Å². The van der Waals surface area contributed by atoms with Crippen LogP contribution in [-0.2, 0) is 19.1 Å². The molecule has 45 heavy (non-hydrogen) atoms. The SMILES string of the molecule is CCOc1ccc(N2CC=C[C@]3(CC)O[C@]45C=CCN(c6ccc7ccccc7c6)C(=O)C4N(CCO)C(=O)[C@@H]5[C@@H]3C2=O)cc1. The van der Waals surface area contributed by atoms with Crippen molar-refractivity contribution in [3.8, 4) is 5.75 Å². The molecule has 0 aromatic heterocycles. The third kappa shape index (κ3) is 4.40. The number of amides is 3. The van der Waals surface area contributed by atoms with Gasteiger partial charge in [0.25, 0.3) is 5.91 Å². The molecule has 1 spiro atoms. The normalized spacial score (nSPS) is 29.1. The van der Waals surface area contributed by atoms with E-state index < -0.39 is 29.1 Å². The fourth-order valence-electron chi connectivity index (χ4n) is 7.81. The lowest BCUT2D eigenvalue weighted by atomic mass is 9.73. The molecule has 3 aromatic carbocycles. The number of hydrogen-bond acceptors (Lipinski definition) is 6. The van der Waals surface area contributed by atoms with E-state index in [0.717, 1.165) is 10.8 Å². The average molecular weight is 608 g/mol. The second-order valence-corrected chi connectivity index (χ2v) is 12.0. The van der Waals surface area contributed by atoms with Gasteiger partial charge in [0.05, 0.1) is 30.7 Å². The smallest absolute Gasteiger partial charge is 0.253 e. The summed E-state index contributed by atoms with van der Waals surface area (Å²) in [7, 11) is 0. The Morgan fingerprint density at radius 2 is 1.51 bits per heavy atom. The molecule has 7 rings (SSSR count). The van der Waals surface area contributed by atoms with Crippen LogP contribution in [0.1, 0.15) is 20.3 Å². The van der Waals surface area contributed by atoms with Crippen molar-refractivity contribution in [2.45, 2.75) is 37.5 Å². The Bertz CT molecular complexity index is 1720. The Morgan fingerprint density at radius 1 is 0.822 bits per heavy atom. The molecule has 232 valence electrons. The summed E-state index contributed by atoms with van der Waals surface area (Å²) in [6.45, 7) is 4.61. The molecule has 4 heterocycles. The van der Waals surface area contributed by atoms with Crippen molar-refractivity contribution in [3.63, 3.8) is 0 Å². The molecule has 0 bridgehead atoms. The molecule has 4 aliphatic rings. The molecule has 0 radical (unpaired) electrons. The van der Waals surface area contributed by atoms with Gasteiger partial charge >= 0.3 is 0 Å². The number of anilines is 2. The minimum absolute atomic E-state index is 0.0469. The summed E-state index contributed by atoms with van der Waals surface area (Å²) in [4.78, 5) is 48.5. The van der Waals surface area contributed by atoms with Gasteiger partial charge in [0.15, 0.2) is 0 Å². The van der Waals surface area contributed by atoms with Crippen molar-refractivity contribution in [1.29, 1.82) is 0 Å². The van der Waals surface area contributed by atoms with Crippen LogP contribution in [-0.4, -0.2) is 77.8 Å². The topological polar surface area (TPSA) is 99.6 Å². The number of likely N-dealkylation sites (tertiary alicyclic amines) is 1. The van der Waals surface area contributed by atoms with Crippen molar-refractivity contribution in [1.82, 2.24) is 4.90 Å². The van der Waals surface area contributed by atoms with Gasteiger partial charge in [0.1, 0.15) is 17.4 Å². The third-order valence-corrected chi connectivity index (χ3v) is 9.78. The van der Waals surface area contributed by atoms with Crippen molar-refractivity contribution in [3.05, 3.63) is 91.0 Å². The van der Waals surface area contributed by atoms with Crippen LogP contribution in [0.3, 0.4) is 0 Å². The van der Waals surface area contributed by atoms with Crippen molar-refractivity contribution >= 4 is 39.9 Å². The van der Waals surface area contributed by atoms with E-state index >= 15 is 0 Å². The van der Waals surface area contributed by atoms with Crippen molar-refractivity contribution in [2.24, 2.45) is 11.8 Å². The first-order chi connectivity index (χ1) is 21.9. The molecule has 1 N–H and O–H groups in total. The number of carbonyl (C=O) groups is 3. The number of fused-ring (bicyclic) bond motifs is 3. The molecule has 2 fully saturated rings. The van der Waals surface area contributed by atoms with Gasteiger partial charge in [0, 0.05) is 31.0 Å². The number of hydrogen-bond donors (Lipinski definition) is 1. The van der Waals surface area contributed by atoms with E-state index in [1.165, 1.54) is 4.90 Å². The fraction of sp³-hybridized carbons (Fsp3) is 0.361. The van der Waals surface area contributed by atoms with Gasteiger partial charge in [0.2, 0.25) is 11.8 Å². The van der Waals surface area contributed by atoms with E-state index in [2.05, 4.69) is 0 Å². The molecule has 4 aliphatic heterocycles. The molecular weight excluding hydrogens is 570 g/mol. The summed E-state index contributed by atoms with van der Waals surface area (Å²) in [6, 6.07) is 20.1. The van der Waals surface area contributed by atoms with Crippen LogP contribution < -0.4 is 14.5 Å². The Balaban J connectivity index is 1.31. The standard InChI is InChI=1S/C36H37N3O6/c1-3-35-17-7-19-37(26-13-15-28(16-14-26)44-4-2)32(41)29(35)30-33(42)39(21-22-40)31-34(43)38(20-8-18-36(30,31)45-35)27-12-11-24-9-5-6-10-25(24)23-27/h5-18,23,29-31,40H,3-4,19-22H2,1-2H3/t29-,30+,31?,35+,36+/m1/s1. The first kappa shape index (κ1) is 29.3. The maximum atomic E-state index is 14.7. The zero-order valence-corrected chi connectivity index (χ0v) is 25.5. The predicted molar refractivity (Wildman–Crippen MR) is 171 cm³/mol. The highest BCUT2D eigenvalue weighted by molar-refractivity contribution is 6.08. The van der Waals surface area contributed by atoms with Crippen LogP contribution in [0.15, 0.2) is 91.0 Å². The highest BCUT2D eigenvalue weighted by Gasteiger charge is 2.75. The number of β-amino-alcohol motifs (C(OH)–C–C–N with tert-alkyl or cyclic N) is 1. The summed E-state index contributed by atoms with van der Waals surface area (Å²) in [5.74, 6) is -2.02. The maximum Gasteiger partial charge on any atom is 0.253 e. The first-order valence-electron chi connectivity index (χ1n) is 15.7. The van der Waals surface area contributed by atoms with Crippen LogP contribution in [0.5, 0.6) is 5.75 Å². The van der Waals surface area contributed by atoms with E-state index in [1.54, 1.807) is 9.80 Å². The highest BCUT2D eigenvalue weighted by atomic mass is 16.5. The molecule has 3 aromatic rings. The molecule has 9 heteroatoms. The maximum absolute atomic E-state index is 14.7. The Hall–Kier alpha value is -4.47. The predicted octanol–water partition coefficient (Wildman–Crippen LogP) is 4.10. The number of aliphatic hydroxyl groups is 1. The average Bonchev–Trinajstić information content (AvgIpc) is 3.33. The number of benzene rings is 3. The summed E-state index contributed by atoms with van der Waals surface area (Å²) in [5.41, 5.74) is -1.10. The van der Waals surface area contributed by atoms with Crippen LogP contribution in [0.4, 0.5) is 11.4 Å². The lowest BCUT2D eigenvalue weighted by Gasteiger charge is -2.38. The van der Waals surface area contributed by atoms with Crippen LogP contribution >= 0.6 is 0 Å². The number of nitrogens with zero attached hydrogens (tertiary/aromatic N) is 3. The second-order valence-electron chi connectivity index (χ2n) is 12.0. The fourth-order valence-corrected chi connectivity index (χ4v) is 7.81. The van der Waals surface area contributed by atoms with E-state index in [-0.39, 0.29) is 37.4 Å². The van der Waals surface area contributed by atoms with Gasteiger partial charge in [-0.05, 0) is 60.5 Å². The van der Waals surface area contributed by atoms with Gasteiger partial charge < -0.3 is 29.3 Å². The minimum atomic E-state index is -1.39. The molecule has 3 amide bonds. The third-order valence-electron chi connectivity index (χ3n) is 9.78. The largest absolute Gasteiger partial charge is 0.494 e. The quantitative estimate of drug-likeness (QED) is 0.406. The minimum Gasteiger partial charge on any atom is -0.494 e. The molecule has 0 aliphatic carbocycles. The van der Waals surface area contributed by atoms with E-state index in [0.29, 0.717) is 36.7 Å². The number of carbonyl (C=O) groups excluding carboxylic acids is 3. The van der Waals surface area contributed by atoms with Crippen molar-refractivity contribution in [2.75, 3.05) is 42.6 Å². The van der Waals surface area contributed by atoms with Gasteiger partial charge in [-0.3, -0.25) is 14.4 Å². The molecule has 5 atom stereocenters. The lowest BCUT2D eigenvalue weighted by molar-refractivity contribution is -0.146. The zero-order valence-electron chi connectivity index (χ0n) is 25.5. The monoisotopic (exact) mass is 607 g/mol. The first-order valence-corrected chi connectivity index (χ1v) is 15.7.